The van der Waals surface area contributed by atoms with Crippen LogP contribution in [0.4, 0.5) is 23.2 Å². The van der Waals surface area contributed by atoms with E-state index < -0.39 is 57.7 Å². The van der Waals surface area contributed by atoms with Crippen LogP contribution in [-0.4, -0.2) is 44.3 Å². The van der Waals surface area contributed by atoms with Gasteiger partial charge < -0.3 is 10.2 Å². The highest BCUT2D eigenvalue weighted by molar-refractivity contribution is 7.92. The normalized spacial score (nSPS) is 12.6. The molecule has 0 bridgehead atoms. The Labute approximate surface area is 247 Å². The van der Waals surface area contributed by atoms with E-state index in [1.165, 1.54) is 43.3 Å². The van der Waals surface area contributed by atoms with Crippen LogP contribution >= 0.6 is 11.6 Å². The third kappa shape index (κ3) is 8.22. The first-order valence-corrected chi connectivity index (χ1v) is 14.7. The molecule has 0 heterocycles. The zero-order valence-corrected chi connectivity index (χ0v) is 24.6. The number of hydrogen-bond donors (Lipinski definition) is 1. The summed E-state index contributed by atoms with van der Waals surface area (Å²) in [5.74, 6) is -1.87. The zero-order chi connectivity index (χ0) is 31.2. The molecule has 3 aromatic rings. The molecule has 1 N–H and O–H groups in total. The fourth-order valence-electron chi connectivity index (χ4n) is 3.93. The van der Waals surface area contributed by atoms with E-state index in [-0.39, 0.29) is 22.4 Å². The summed E-state index contributed by atoms with van der Waals surface area (Å²) < 4.78 is 82.4. The van der Waals surface area contributed by atoms with Gasteiger partial charge in [-0.2, -0.15) is 13.2 Å². The van der Waals surface area contributed by atoms with E-state index >= 15 is 0 Å². The van der Waals surface area contributed by atoms with Gasteiger partial charge >= 0.3 is 6.18 Å². The van der Waals surface area contributed by atoms with Gasteiger partial charge in [0.15, 0.2) is 0 Å². The number of amides is 2. The molecule has 0 saturated carbocycles. The Morgan fingerprint density at radius 1 is 0.952 bits per heavy atom. The zero-order valence-electron chi connectivity index (χ0n) is 23.0. The minimum absolute atomic E-state index is 0.0944. The van der Waals surface area contributed by atoms with Crippen molar-refractivity contribution in [3.63, 3.8) is 0 Å². The van der Waals surface area contributed by atoms with E-state index in [2.05, 4.69) is 5.32 Å². The number of hydrogen-bond acceptors (Lipinski definition) is 4. The first-order chi connectivity index (χ1) is 19.6. The number of alkyl halides is 3. The topological polar surface area (TPSA) is 86.8 Å². The molecule has 13 heteroatoms. The van der Waals surface area contributed by atoms with Crippen LogP contribution < -0.4 is 9.62 Å². The summed E-state index contributed by atoms with van der Waals surface area (Å²) in [4.78, 5) is 27.6. The minimum Gasteiger partial charge on any atom is -0.354 e. The summed E-state index contributed by atoms with van der Waals surface area (Å²) in [5.41, 5.74) is -1.31. The van der Waals surface area contributed by atoms with Gasteiger partial charge in [0, 0.05) is 13.1 Å². The predicted molar refractivity (Wildman–Crippen MR) is 152 cm³/mol. The molecule has 0 aromatic heterocycles. The van der Waals surface area contributed by atoms with Gasteiger partial charge in [-0.05, 0) is 60.9 Å². The maximum atomic E-state index is 13.9. The second kappa shape index (κ2) is 13.6. The van der Waals surface area contributed by atoms with Gasteiger partial charge in [-0.3, -0.25) is 13.9 Å². The molecule has 0 fully saturated rings. The average molecular weight is 628 g/mol. The van der Waals surface area contributed by atoms with Crippen molar-refractivity contribution < 1.29 is 35.6 Å². The van der Waals surface area contributed by atoms with Crippen LogP contribution in [0.2, 0.25) is 5.02 Å². The summed E-state index contributed by atoms with van der Waals surface area (Å²) in [6.07, 6.45) is -4.83. The molecule has 0 saturated heterocycles. The summed E-state index contributed by atoms with van der Waals surface area (Å²) >= 11 is 6.23. The third-order valence-corrected chi connectivity index (χ3v) is 8.36. The van der Waals surface area contributed by atoms with E-state index in [0.29, 0.717) is 28.5 Å². The van der Waals surface area contributed by atoms with Crippen molar-refractivity contribution >= 4 is 39.1 Å². The van der Waals surface area contributed by atoms with Crippen molar-refractivity contribution in [1.82, 2.24) is 10.2 Å². The molecule has 42 heavy (non-hydrogen) atoms. The lowest BCUT2D eigenvalue weighted by molar-refractivity contribution is -0.139. The molecule has 0 aliphatic carbocycles. The number of carbonyl (C=O) groups excluding carboxylic acids is 2. The van der Waals surface area contributed by atoms with E-state index in [0.717, 1.165) is 23.1 Å². The molecule has 1 atom stereocenters. The van der Waals surface area contributed by atoms with Crippen LogP contribution in [-0.2, 0) is 32.3 Å². The largest absolute Gasteiger partial charge is 0.416 e. The predicted octanol–water partition coefficient (Wildman–Crippen LogP) is 5.88. The molecule has 7 nitrogen and oxygen atoms in total. The molecule has 0 spiro atoms. The van der Waals surface area contributed by atoms with Crippen molar-refractivity contribution in [3.05, 3.63) is 94.8 Å². The first-order valence-electron chi connectivity index (χ1n) is 12.9. The van der Waals surface area contributed by atoms with Crippen LogP contribution in [0.5, 0.6) is 0 Å². The second-order valence-electron chi connectivity index (χ2n) is 9.95. The van der Waals surface area contributed by atoms with Crippen molar-refractivity contribution in [2.45, 2.75) is 44.4 Å². The van der Waals surface area contributed by atoms with Crippen molar-refractivity contribution in [3.8, 4) is 0 Å². The number of sulfonamides is 1. The minimum atomic E-state index is -4.83. The van der Waals surface area contributed by atoms with Crippen molar-refractivity contribution in [1.29, 1.82) is 0 Å². The van der Waals surface area contributed by atoms with E-state index in [1.54, 1.807) is 6.07 Å². The lowest BCUT2D eigenvalue weighted by atomic mass is 10.1. The Morgan fingerprint density at radius 3 is 2.14 bits per heavy atom. The van der Waals surface area contributed by atoms with Gasteiger partial charge in [0.1, 0.15) is 18.4 Å². The van der Waals surface area contributed by atoms with Crippen LogP contribution in [0.1, 0.15) is 31.9 Å². The number of halogens is 5. The van der Waals surface area contributed by atoms with Crippen LogP contribution in [0.3, 0.4) is 0 Å². The average Bonchev–Trinajstić information content (AvgIpc) is 2.94. The smallest absolute Gasteiger partial charge is 0.354 e. The first kappa shape index (κ1) is 32.9. The maximum Gasteiger partial charge on any atom is 0.416 e. The summed E-state index contributed by atoms with van der Waals surface area (Å²) in [5, 5.41) is 2.37. The Balaban J connectivity index is 2.10. The molecule has 0 aliphatic heterocycles. The number of rotatable bonds is 11. The fraction of sp³-hybridized carbons (Fsp3) is 0.310. The quantitative estimate of drug-likeness (QED) is 0.269. The lowest BCUT2D eigenvalue weighted by Gasteiger charge is -2.32. The summed E-state index contributed by atoms with van der Waals surface area (Å²) in [6.45, 7) is 4.28. The number of benzene rings is 3. The van der Waals surface area contributed by atoms with Gasteiger partial charge in [-0.25, -0.2) is 12.8 Å². The van der Waals surface area contributed by atoms with Crippen molar-refractivity contribution in [2.75, 3.05) is 17.4 Å². The van der Waals surface area contributed by atoms with Gasteiger partial charge in [0.2, 0.25) is 11.8 Å². The number of nitrogens with one attached hydrogen (secondary N) is 1. The molecule has 3 rings (SSSR count). The monoisotopic (exact) mass is 627 g/mol. The molecule has 2 amide bonds. The van der Waals surface area contributed by atoms with Gasteiger partial charge in [0.25, 0.3) is 10.0 Å². The summed E-state index contributed by atoms with van der Waals surface area (Å²) in [6, 6.07) is 13.0. The lowest BCUT2D eigenvalue weighted by Crippen LogP contribution is -2.51. The van der Waals surface area contributed by atoms with Crippen LogP contribution in [0.25, 0.3) is 0 Å². The number of nitrogens with zero attached hydrogens (tertiary/aromatic N) is 2. The molecule has 0 radical (unpaired) electrons. The van der Waals surface area contributed by atoms with E-state index in [9.17, 15) is 35.6 Å². The van der Waals surface area contributed by atoms with Gasteiger partial charge in [-0.1, -0.05) is 55.8 Å². The Morgan fingerprint density at radius 2 is 1.57 bits per heavy atom. The highest BCUT2D eigenvalue weighted by Gasteiger charge is 2.36. The van der Waals surface area contributed by atoms with Crippen LogP contribution in [0.15, 0.2) is 77.7 Å². The molecule has 0 aliphatic rings. The van der Waals surface area contributed by atoms with Gasteiger partial charge in [-0.15, -0.1) is 0 Å². The highest BCUT2D eigenvalue weighted by Crippen LogP contribution is 2.37. The van der Waals surface area contributed by atoms with Crippen LogP contribution in [0, 0.1) is 11.7 Å². The maximum absolute atomic E-state index is 13.9. The van der Waals surface area contributed by atoms with E-state index in [1.807, 2.05) is 13.8 Å². The van der Waals surface area contributed by atoms with Gasteiger partial charge in [0.05, 0.1) is 21.2 Å². The van der Waals surface area contributed by atoms with Crippen molar-refractivity contribution in [2.24, 2.45) is 5.92 Å². The van der Waals surface area contributed by atoms with E-state index in [4.69, 9.17) is 11.6 Å². The Kier molecular flexibility index (Phi) is 10.6. The standard InChI is InChI=1S/C29H30ClF4N3O4S/c1-19(2)16-35-28(39)20(3)36(17-21-9-12-23(31)13-10-21)27(38)18-37(42(40,41)24-7-5-4-6-8-24)26-15-22(29(32,33)34)11-14-25(26)30/h4-15,19-20H,16-18H2,1-3H3,(H,35,39). The molecule has 226 valence electrons. The molecular formula is C29H30ClF4N3O4S. The number of carbonyl (C=O) groups is 2. The summed E-state index contributed by atoms with van der Waals surface area (Å²) in [7, 11) is -4.63. The Bertz CT molecular complexity index is 1500. The Hall–Kier alpha value is -3.64. The molecule has 1 unspecified atom stereocenters. The molecule has 3 aromatic carbocycles. The highest BCUT2D eigenvalue weighted by atomic mass is 35.5. The number of anilines is 1. The second-order valence-corrected chi connectivity index (χ2v) is 12.2. The molecular weight excluding hydrogens is 598 g/mol. The fourth-order valence-corrected chi connectivity index (χ4v) is 5.65. The SMILES string of the molecule is CC(C)CNC(=O)C(C)N(Cc1ccc(F)cc1)C(=O)CN(c1cc(C(F)(F)F)ccc1Cl)S(=O)(=O)c1ccccc1. The third-order valence-electron chi connectivity index (χ3n) is 6.27.